The van der Waals surface area contributed by atoms with E-state index in [1.807, 2.05) is 6.92 Å². The average molecular weight is 442 g/mol. The smallest absolute Gasteiger partial charge is 0.458 e. The van der Waals surface area contributed by atoms with Gasteiger partial charge in [-0.25, -0.2) is 8.42 Å². The molecule has 0 saturated carbocycles. The van der Waals surface area contributed by atoms with Crippen LogP contribution in [0.3, 0.4) is 0 Å². The van der Waals surface area contributed by atoms with E-state index in [1.54, 1.807) is 12.1 Å². The Balaban J connectivity index is 0.000000514. The largest absolute Gasteiger partial charge is 1.00 e. The maximum atomic E-state index is 11.0. The summed E-state index contributed by atoms with van der Waals surface area (Å²) < 4.78 is 36.5. The maximum absolute atomic E-state index is 11.0. The molecule has 0 radical (unpaired) electrons. The normalized spacial score (nSPS) is 23.1. The third-order valence-electron chi connectivity index (χ3n) is 4.66. The van der Waals surface area contributed by atoms with Crippen LogP contribution in [0.15, 0.2) is 29.2 Å². The van der Waals surface area contributed by atoms with Crippen molar-refractivity contribution in [3.63, 3.8) is 0 Å². The molecule has 0 aromatic heterocycles. The Morgan fingerprint density at radius 1 is 1.18 bits per heavy atom. The molecule has 1 aliphatic heterocycles. The molecular formula is C20H33ClNNaO4S. The topological polar surface area (TPSA) is 66.7 Å². The Morgan fingerprint density at radius 2 is 1.71 bits per heavy atom. The van der Waals surface area contributed by atoms with Gasteiger partial charge in [0.1, 0.15) is 10.0 Å². The van der Waals surface area contributed by atoms with Crippen LogP contribution in [0.1, 0.15) is 58.9 Å². The molecule has 156 valence electrons. The second kappa shape index (κ2) is 13.6. The van der Waals surface area contributed by atoms with Gasteiger partial charge < -0.3 is 13.7 Å². The molecule has 0 amide bonds. The number of ether oxygens (including phenoxy) is 2. The van der Waals surface area contributed by atoms with E-state index in [2.05, 4.69) is 31.9 Å². The third-order valence-corrected chi connectivity index (χ3v) is 6.26. The Labute approximate surface area is 198 Å². The Hall–Kier alpha value is 0.340. The van der Waals surface area contributed by atoms with Gasteiger partial charge in [-0.2, -0.15) is 0 Å². The molecular weight excluding hydrogens is 409 g/mol. The fourth-order valence-corrected chi connectivity index (χ4v) is 3.87. The molecule has 0 aliphatic carbocycles. The number of sulfonamides is 1. The summed E-state index contributed by atoms with van der Waals surface area (Å²) in [5.74, 6) is 0.529. The first kappa shape index (κ1) is 28.3. The second-order valence-corrected chi connectivity index (χ2v) is 9.65. The fraction of sp³-hybridized carbons (Fsp3) is 0.700. The number of nitrogens with zero attached hydrogens (tertiary/aromatic N) is 1. The van der Waals surface area contributed by atoms with Crippen LogP contribution >= 0.6 is 11.8 Å². The van der Waals surface area contributed by atoms with Gasteiger partial charge in [0.15, 0.2) is 6.29 Å². The van der Waals surface area contributed by atoms with Gasteiger partial charge in [-0.1, -0.05) is 58.2 Å². The second-order valence-electron chi connectivity index (χ2n) is 7.67. The molecule has 0 bridgehead atoms. The van der Waals surface area contributed by atoms with Crippen molar-refractivity contribution in [1.82, 2.24) is 0 Å². The van der Waals surface area contributed by atoms with Gasteiger partial charge in [0.05, 0.1) is 13.2 Å². The van der Waals surface area contributed by atoms with E-state index >= 15 is 0 Å². The van der Waals surface area contributed by atoms with E-state index < -0.39 is 10.0 Å². The van der Waals surface area contributed by atoms with Gasteiger partial charge in [0.25, 0.3) is 0 Å². The number of aryl methyl sites for hydroxylation is 1. The van der Waals surface area contributed by atoms with E-state index in [1.165, 1.54) is 37.8 Å². The Bertz CT molecular complexity index is 647. The quantitative estimate of drug-likeness (QED) is 0.610. The van der Waals surface area contributed by atoms with Gasteiger partial charge in [-0.3, -0.25) is 11.8 Å². The van der Waals surface area contributed by atoms with Crippen molar-refractivity contribution < 1.29 is 47.4 Å². The van der Waals surface area contributed by atoms with Gasteiger partial charge in [0.2, 0.25) is 0 Å². The van der Waals surface area contributed by atoms with Crippen LogP contribution in [0.4, 0.5) is 0 Å². The van der Waals surface area contributed by atoms with Gasteiger partial charge in [-0.15, -0.1) is 0 Å². The average Bonchev–Trinajstić information content (AvgIpc) is 2.63. The van der Waals surface area contributed by atoms with Crippen molar-refractivity contribution in [2.24, 2.45) is 11.3 Å². The van der Waals surface area contributed by atoms with Gasteiger partial charge >= 0.3 is 29.6 Å². The summed E-state index contributed by atoms with van der Waals surface area (Å²) in [4.78, 5) is 0.114. The van der Waals surface area contributed by atoms with Crippen LogP contribution in [-0.4, -0.2) is 27.9 Å². The van der Waals surface area contributed by atoms with Crippen molar-refractivity contribution in [2.75, 3.05) is 13.2 Å². The summed E-state index contributed by atoms with van der Waals surface area (Å²) in [5, 5.41) is 0. The standard InChI is InChI=1S/C13H26O2.C7H7ClNO2S.Na/c1-5-7-11(3)12-14-9-13(4,8-6-2)10-15-12;1-6-2-4-7(5-3-6)12(10,11)9-8;/h11-12H,5-10H2,1-4H3;2-5H,1H3;/q;-1;+1. The molecule has 1 fully saturated rings. The fourth-order valence-electron chi connectivity index (χ4n) is 3.07. The van der Waals surface area contributed by atoms with Crippen LogP contribution in [-0.2, 0) is 19.5 Å². The van der Waals surface area contributed by atoms with Crippen molar-refractivity contribution in [2.45, 2.75) is 71.5 Å². The van der Waals surface area contributed by atoms with Crippen LogP contribution < -0.4 is 29.6 Å². The SMILES string of the molecule is CCCC(C)C1OCC(C)(CCC)CO1.Cc1ccc(S(=O)(=O)[N-]Cl)cc1.[Na+]. The molecule has 2 rings (SSSR count). The molecule has 0 N–H and O–H groups in total. The summed E-state index contributed by atoms with van der Waals surface area (Å²) in [5.41, 5.74) is 1.24. The zero-order valence-corrected chi connectivity index (χ0v) is 21.6. The Kier molecular flexibility index (Phi) is 13.8. The number of halogens is 1. The first-order chi connectivity index (χ1) is 12.7. The molecule has 0 spiro atoms. The molecule has 5 nitrogen and oxygen atoms in total. The molecule has 28 heavy (non-hydrogen) atoms. The van der Waals surface area contributed by atoms with E-state index in [9.17, 15) is 8.42 Å². The predicted octanol–water partition coefficient (Wildman–Crippen LogP) is 2.82. The first-order valence-corrected chi connectivity index (χ1v) is 11.3. The minimum absolute atomic E-state index is 0. The van der Waals surface area contributed by atoms with Crippen LogP contribution in [0.5, 0.6) is 0 Å². The molecule has 1 saturated heterocycles. The van der Waals surface area contributed by atoms with E-state index in [0.29, 0.717) is 5.92 Å². The monoisotopic (exact) mass is 441 g/mol. The molecule has 1 unspecified atom stereocenters. The minimum Gasteiger partial charge on any atom is -0.458 e. The first-order valence-electron chi connectivity index (χ1n) is 9.55. The number of benzene rings is 1. The molecule has 1 heterocycles. The molecule has 1 aromatic carbocycles. The van der Waals surface area contributed by atoms with Crippen molar-refractivity contribution in [3.8, 4) is 0 Å². The summed E-state index contributed by atoms with van der Waals surface area (Å²) in [6.45, 7) is 12.5. The Morgan fingerprint density at radius 3 is 2.14 bits per heavy atom. The van der Waals surface area contributed by atoms with Gasteiger partial charge in [0, 0.05) is 16.2 Å². The summed E-state index contributed by atoms with van der Waals surface area (Å²) in [6, 6.07) is 6.32. The van der Waals surface area contributed by atoms with Crippen LogP contribution in [0.25, 0.3) is 4.24 Å². The molecule has 1 aliphatic rings. The zero-order valence-electron chi connectivity index (χ0n) is 18.1. The predicted molar refractivity (Wildman–Crippen MR) is 110 cm³/mol. The van der Waals surface area contributed by atoms with Crippen molar-refractivity contribution >= 4 is 21.8 Å². The summed E-state index contributed by atoms with van der Waals surface area (Å²) in [7, 11) is -3.62. The van der Waals surface area contributed by atoms with E-state index in [-0.39, 0.29) is 46.2 Å². The van der Waals surface area contributed by atoms with Crippen molar-refractivity contribution in [1.29, 1.82) is 0 Å². The number of hydrogen-bond acceptors (Lipinski definition) is 4. The van der Waals surface area contributed by atoms with Crippen LogP contribution in [0.2, 0.25) is 0 Å². The van der Waals surface area contributed by atoms with E-state index in [4.69, 9.17) is 21.3 Å². The summed E-state index contributed by atoms with van der Waals surface area (Å²) in [6.07, 6.45) is 4.83. The summed E-state index contributed by atoms with van der Waals surface area (Å²) >= 11 is 4.90. The number of hydrogen-bond donors (Lipinski definition) is 0. The third kappa shape index (κ3) is 9.43. The van der Waals surface area contributed by atoms with Crippen LogP contribution in [0, 0.1) is 18.3 Å². The minimum atomic E-state index is -3.62. The van der Waals surface area contributed by atoms with E-state index in [0.717, 1.165) is 18.8 Å². The number of rotatable bonds is 7. The van der Waals surface area contributed by atoms with Gasteiger partial charge in [-0.05, 0) is 31.9 Å². The maximum Gasteiger partial charge on any atom is 1.00 e. The molecule has 1 aromatic rings. The molecule has 8 heteroatoms. The molecule has 1 atom stereocenters. The van der Waals surface area contributed by atoms with Crippen molar-refractivity contribution in [3.05, 3.63) is 34.1 Å². The zero-order chi connectivity index (χ0) is 20.5.